The molecule has 0 N–H and O–H groups in total. The summed E-state index contributed by atoms with van der Waals surface area (Å²) < 4.78 is 11.3. The summed E-state index contributed by atoms with van der Waals surface area (Å²) in [7, 11) is 0. The van der Waals surface area contributed by atoms with Crippen molar-refractivity contribution in [1.29, 1.82) is 0 Å². The molecule has 4 rings (SSSR count). The van der Waals surface area contributed by atoms with Gasteiger partial charge in [-0.25, -0.2) is 9.97 Å². The Bertz CT molecular complexity index is 859. The van der Waals surface area contributed by atoms with Gasteiger partial charge in [0.25, 0.3) is 0 Å². The van der Waals surface area contributed by atoms with Crippen LogP contribution in [0.1, 0.15) is 34.7 Å². The summed E-state index contributed by atoms with van der Waals surface area (Å²) in [6.45, 7) is 7.90. The Morgan fingerprint density at radius 3 is 2.76 bits per heavy atom. The molecule has 2 aromatic heterocycles. The van der Waals surface area contributed by atoms with Gasteiger partial charge >= 0.3 is 0 Å². The Kier molecular flexibility index (Phi) is 2.42. The monoisotopic (exact) mass is 278 g/mol. The second-order valence-corrected chi connectivity index (χ2v) is 5.22. The smallest absolute Gasteiger partial charge is 0.192 e. The summed E-state index contributed by atoms with van der Waals surface area (Å²) in [5, 5.41) is 0. The Hall–Kier alpha value is -2.62. The molecule has 0 saturated heterocycles. The number of fused-ring (bicyclic) bond motifs is 3. The number of oxazole rings is 2. The summed E-state index contributed by atoms with van der Waals surface area (Å²) in [4.78, 5) is 8.87. The standard InChI is InChI=1S/C17H14N2O2/c1-9-13-5-7-15-14(18-10(2)20-15)8-12(13)4-6-16-17(9)19-11(3)21-16/h4-6,8H,1,7H2,2-3H3. The molecular formula is C17H14N2O2. The van der Waals surface area contributed by atoms with Crippen LogP contribution in [0.3, 0.4) is 0 Å². The first-order valence-electron chi connectivity index (χ1n) is 6.85. The number of hydrogen-bond donors (Lipinski definition) is 0. The molecular weight excluding hydrogens is 264 g/mol. The van der Waals surface area contributed by atoms with E-state index in [1.807, 2.05) is 32.1 Å². The van der Waals surface area contributed by atoms with Crippen LogP contribution in [0, 0.1) is 13.8 Å². The highest BCUT2D eigenvalue weighted by Gasteiger charge is 2.23. The van der Waals surface area contributed by atoms with Crippen molar-refractivity contribution in [3.8, 4) is 0 Å². The Morgan fingerprint density at radius 1 is 1.10 bits per heavy atom. The molecule has 0 bridgehead atoms. The normalized spacial score (nSPS) is 16.4. The summed E-state index contributed by atoms with van der Waals surface area (Å²) in [5.41, 5.74) is 4.68. The summed E-state index contributed by atoms with van der Waals surface area (Å²) >= 11 is 0. The van der Waals surface area contributed by atoms with E-state index in [1.54, 1.807) is 0 Å². The van der Waals surface area contributed by atoms with E-state index in [4.69, 9.17) is 8.83 Å². The molecule has 0 atom stereocenters. The molecule has 2 heterocycles. The van der Waals surface area contributed by atoms with Crippen LogP contribution in [0.2, 0.25) is 0 Å². The maximum Gasteiger partial charge on any atom is 0.192 e. The van der Waals surface area contributed by atoms with Crippen LogP contribution in [-0.4, -0.2) is 9.97 Å². The van der Waals surface area contributed by atoms with Gasteiger partial charge in [-0.3, -0.25) is 0 Å². The molecule has 0 amide bonds. The van der Waals surface area contributed by atoms with E-state index in [9.17, 15) is 0 Å². The predicted molar refractivity (Wildman–Crippen MR) is 80.3 cm³/mol. The zero-order chi connectivity index (χ0) is 14.6. The van der Waals surface area contributed by atoms with E-state index in [2.05, 4.69) is 22.6 Å². The fourth-order valence-electron chi connectivity index (χ4n) is 2.78. The minimum atomic E-state index is 0.650. The second kappa shape index (κ2) is 4.19. The first-order valence-corrected chi connectivity index (χ1v) is 6.85. The van der Waals surface area contributed by atoms with Crippen molar-refractivity contribution in [2.45, 2.75) is 20.3 Å². The largest absolute Gasteiger partial charge is 0.445 e. The lowest BCUT2D eigenvalue weighted by atomic mass is 9.97. The number of aryl methyl sites for hydroxylation is 2. The van der Waals surface area contributed by atoms with Crippen molar-refractivity contribution in [3.63, 3.8) is 0 Å². The third-order valence-electron chi connectivity index (χ3n) is 3.71. The van der Waals surface area contributed by atoms with E-state index in [0.29, 0.717) is 18.2 Å². The molecule has 0 radical (unpaired) electrons. The zero-order valence-electron chi connectivity index (χ0n) is 11.9. The molecule has 0 aliphatic heterocycles. The average Bonchev–Trinajstić information content (AvgIpc) is 2.90. The van der Waals surface area contributed by atoms with Gasteiger partial charge in [-0.15, -0.1) is 0 Å². The number of aromatic nitrogens is 2. The average molecular weight is 278 g/mol. The van der Waals surface area contributed by atoms with Gasteiger partial charge in [-0.05, 0) is 23.3 Å². The molecule has 4 nitrogen and oxygen atoms in total. The number of allylic oxidation sites excluding steroid dienone is 5. The number of nitrogens with zero attached hydrogens (tertiary/aromatic N) is 2. The Balaban J connectivity index is 1.90. The van der Waals surface area contributed by atoms with Gasteiger partial charge in [-0.1, -0.05) is 18.7 Å². The Labute approximate surface area is 122 Å². The van der Waals surface area contributed by atoms with Crippen molar-refractivity contribution < 1.29 is 8.83 Å². The number of rotatable bonds is 0. The molecule has 4 heteroatoms. The predicted octanol–water partition coefficient (Wildman–Crippen LogP) is 3.89. The molecule has 21 heavy (non-hydrogen) atoms. The van der Waals surface area contributed by atoms with Crippen molar-refractivity contribution in [2.24, 2.45) is 0 Å². The van der Waals surface area contributed by atoms with Gasteiger partial charge in [0.15, 0.2) is 17.5 Å². The van der Waals surface area contributed by atoms with Crippen LogP contribution in [0.4, 0.5) is 0 Å². The molecule has 0 spiro atoms. The van der Waals surface area contributed by atoms with Crippen LogP contribution in [0.15, 0.2) is 38.7 Å². The van der Waals surface area contributed by atoms with Gasteiger partial charge in [0.2, 0.25) is 0 Å². The first-order chi connectivity index (χ1) is 10.1. The van der Waals surface area contributed by atoms with Gasteiger partial charge in [-0.2, -0.15) is 0 Å². The molecule has 2 aliphatic carbocycles. The second-order valence-electron chi connectivity index (χ2n) is 5.22. The zero-order valence-corrected chi connectivity index (χ0v) is 11.9. The van der Waals surface area contributed by atoms with Crippen molar-refractivity contribution in [3.05, 3.63) is 64.6 Å². The van der Waals surface area contributed by atoms with E-state index in [1.165, 1.54) is 0 Å². The minimum absolute atomic E-state index is 0.650. The lowest BCUT2D eigenvalue weighted by molar-refractivity contribution is 0.485. The quantitative estimate of drug-likeness (QED) is 0.733. The molecule has 0 saturated carbocycles. The van der Waals surface area contributed by atoms with Gasteiger partial charge < -0.3 is 8.83 Å². The van der Waals surface area contributed by atoms with E-state index in [-0.39, 0.29) is 0 Å². The minimum Gasteiger partial charge on any atom is -0.445 e. The SMILES string of the molecule is C=C1C2=CCc3oc(C)nc3C=C2C=Cc2oc(C)nc21. The summed E-state index contributed by atoms with van der Waals surface area (Å²) in [6, 6.07) is 0. The van der Waals surface area contributed by atoms with Crippen LogP contribution in [0.5, 0.6) is 0 Å². The maximum absolute atomic E-state index is 5.64. The Morgan fingerprint density at radius 2 is 1.90 bits per heavy atom. The third kappa shape index (κ3) is 1.83. The third-order valence-corrected chi connectivity index (χ3v) is 3.71. The van der Waals surface area contributed by atoms with Crippen molar-refractivity contribution in [2.75, 3.05) is 0 Å². The number of hydrogen-bond acceptors (Lipinski definition) is 4. The molecule has 0 fully saturated rings. The highest BCUT2D eigenvalue weighted by Crippen LogP contribution is 2.37. The maximum atomic E-state index is 5.64. The topological polar surface area (TPSA) is 52.1 Å². The van der Waals surface area contributed by atoms with Gasteiger partial charge in [0.05, 0.1) is 0 Å². The van der Waals surface area contributed by atoms with Crippen LogP contribution >= 0.6 is 0 Å². The van der Waals surface area contributed by atoms with Gasteiger partial charge in [0.1, 0.15) is 17.1 Å². The lowest BCUT2D eigenvalue weighted by Gasteiger charge is -2.07. The summed E-state index contributed by atoms with van der Waals surface area (Å²) in [5.74, 6) is 2.98. The van der Waals surface area contributed by atoms with E-state index < -0.39 is 0 Å². The van der Waals surface area contributed by atoms with Gasteiger partial charge in [0, 0.05) is 25.8 Å². The van der Waals surface area contributed by atoms with Crippen LogP contribution in [0.25, 0.3) is 17.7 Å². The highest BCUT2D eigenvalue weighted by molar-refractivity contribution is 5.90. The first kappa shape index (κ1) is 12.1. The van der Waals surface area contributed by atoms with E-state index >= 15 is 0 Å². The summed E-state index contributed by atoms with van der Waals surface area (Å²) in [6.07, 6.45) is 8.81. The van der Waals surface area contributed by atoms with E-state index in [0.717, 1.165) is 39.6 Å². The van der Waals surface area contributed by atoms with Crippen LogP contribution < -0.4 is 0 Å². The van der Waals surface area contributed by atoms with Crippen molar-refractivity contribution >= 4 is 17.7 Å². The van der Waals surface area contributed by atoms with Crippen molar-refractivity contribution in [1.82, 2.24) is 9.97 Å². The lowest BCUT2D eigenvalue weighted by Crippen LogP contribution is -1.92. The van der Waals surface area contributed by atoms with Crippen LogP contribution in [-0.2, 0) is 6.42 Å². The molecule has 0 aromatic carbocycles. The molecule has 104 valence electrons. The molecule has 0 unspecified atom stereocenters. The molecule has 2 aliphatic rings. The fourth-order valence-corrected chi connectivity index (χ4v) is 2.78. The highest BCUT2D eigenvalue weighted by atomic mass is 16.4. The molecule has 2 aromatic rings. The fraction of sp³-hybridized carbons (Fsp3) is 0.176.